The van der Waals surface area contributed by atoms with Crippen molar-refractivity contribution in [2.24, 2.45) is 0 Å². The topological polar surface area (TPSA) is 113 Å². The van der Waals surface area contributed by atoms with Crippen LogP contribution in [0.1, 0.15) is 22.5 Å². The lowest BCUT2D eigenvalue weighted by molar-refractivity contribution is -0.137. The van der Waals surface area contributed by atoms with Crippen molar-refractivity contribution in [1.82, 2.24) is 20.3 Å². The standard InChI is InChI=1S/C18H16F3N5O3/c19-18(20,21)11-2-4-13(23-8-11)15-10-25-17(29-15)26-12-3-5-14(24-9-12)16(28)22-6-1-7-27/h2-5,8-10,27H,1,6-7H2,(H,22,28)(H,25,26). The number of anilines is 2. The predicted molar refractivity (Wildman–Crippen MR) is 96.3 cm³/mol. The molecule has 0 fully saturated rings. The number of rotatable bonds is 7. The smallest absolute Gasteiger partial charge is 0.417 e. The molecule has 3 aromatic heterocycles. The molecular formula is C18H16F3N5O3. The van der Waals surface area contributed by atoms with E-state index in [9.17, 15) is 18.0 Å². The summed E-state index contributed by atoms with van der Waals surface area (Å²) in [6, 6.07) is 5.28. The first-order valence-corrected chi connectivity index (χ1v) is 8.48. The quantitative estimate of drug-likeness (QED) is 0.516. The van der Waals surface area contributed by atoms with Gasteiger partial charge in [-0.05, 0) is 30.7 Å². The normalized spacial score (nSPS) is 11.3. The van der Waals surface area contributed by atoms with E-state index in [0.29, 0.717) is 18.7 Å². The molecule has 3 heterocycles. The van der Waals surface area contributed by atoms with Gasteiger partial charge in [0.2, 0.25) is 0 Å². The number of hydrogen-bond donors (Lipinski definition) is 3. The summed E-state index contributed by atoms with van der Waals surface area (Å²) in [5, 5.41) is 14.2. The van der Waals surface area contributed by atoms with E-state index < -0.39 is 11.7 Å². The number of alkyl halides is 3. The van der Waals surface area contributed by atoms with Gasteiger partial charge in [0.05, 0.1) is 23.6 Å². The van der Waals surface area contributed by atoms with Gasteiger partial charge in [-0.1, -0.05) is 0 Å². The van der Waals surface area contributed by atoms with Gasteiger partial charge >= 0.3 is 6.18 Å². The lowest BCUT2D eigenvalue weighted by Crippen LogP contribution is -2.25. The molecule has 29 heavy (non-hydrogen) atoms. The molecule has 8 nitrogen and oxygen atoms in total. The highest BCUT2D eigenvalue weighted by molar-refractivity contribution is 5.92. The van der Waals surface area contributed by atoms with Crippen molar-refractivity contribution < 1.29 is 27.5 Å². The number of halogens is 3. The molecule has 0 aliphatic heterocycles. The van der Waals surface area contributed by atoms with Crippen molar-refractivity contribution in [2.75, 3.05) is 18.5 Å². The Morgan fingerprint density at radius 3 is 2.52 bits per heavy atom. The van der Waals surface area contributed by atoms with Crippen molar-refractivity contribution in [3.05, 3.63) is 54.1 Å². The van der Waals surface area contributed by atoms with Crippen molar-refractivity contribution in [3.8, 4) is 11.5 Å². The molecular weight excluding hydrogens is 391 g/mol. The first kappa shape index (κ1) is 20.3. The Kier molecular flexibility index (Phi) is 6.07. The second-order valence-corrected chi connectivity index (χ2v) is 5.85. The summed E-state index contributed by atoms with van der Waals surface area (Å²) in [4.78, 5) is 23.6. The lowest BCUT2D eigenvalue weighted by Gasteiger charge is -2.06. The molecule has 11 heteroatoms. The van der Waals surface area contributed by atoms with Crippen molar-refractivity contribution in [3.63, 3.8) is 0 Å². The zero-order valence-corrected chi connectivity index (χ0v) is 14.9. The largest absolute Gasteiger partial charge is 0.422 e. The zero-order valence-electron chi connectivity index (χ0n) is 14.9. The highest BCUT2D eigenvalue weighted by atomic mass is 19.4. The number of oxazole rings is 1. The van der Waals surface area contributed by atoms with E-state index in [1.807, 2.05) is 0 Å². The minimum Gasteiger partial charge on any atom is -0.422 e. The van der Waals surface area contributed by atoms with E-state index in [2.05, 4.69) is 25.6 Å². The number of hydrogen-bond acceptors (Lipinski definition) is 7. The second kappa shape index (κ2) is 8.69. The van der Waals surface area contributed by atoms with Crippen LogP contribution in [0.2, 0.25) is 0 Å². The van der Waals surface area contributed by atoms with Crippen LogP contribution in [0.3, 0.4) is 0 Å². The predicted octanol–water partition coefficient (Wildman–Crippen LogP) is 3.01. The number of carbonyl (C=O) groups excluding carboxylic acids is 1. The van der Waals surface area contributed by atoms with Crippen LogP contribution >= 0.6 is 0 Å². The molecule has 0 spiro atoms. The summed E-state index contributed by atoms with van der Waals surface area (Å²) in [5.74, 6) is -0.175. The minimum absolute atomic E-state index is 0.0172. The van der Waals surface area contributed by atoms with Gasteiger partial charge in [0.1, 0.15) is 11.4 Å². The van der Waals surface area contributed by atoms with E-state index in [0.717, 1.165) is 12.3 Å². The summed E-state index contributed by atoms with van der Waals surface area (Å²) in [7, 11) is 0. The van der Waals surface area contributed by atoms with Crippen LogP contribution in [0.5, 0.6) is 0 Å². The maximum atomic E-state index is 12.6. The van der Waals surface area contributed by atoms with Crippen LogP contribution in [0.25, 0.3) is 11.5 Å². The Labute approximate surface area is 162 Å². The number of aromatic nitrogens is 3. The summed E-state index contributed by atoms with van der Waals surface area (Å²) in [6.07, 6.45) is -0.561. The molecule has 0 aromatic carbocycles. The number of aliphatic hydroxyl groups excluding tert-OH is 1. The fourth-order valence-electron chi connectivity index (χ4n) is 2.25. The SMILES string of the molecule is O=C(NCCCO)c1ccc(Nc2ncc(-c3ccc(C(F)(F)F)cn3)o2)cn1. The fraction of sp³-hybridized carbons (Fsp3) is 0.222. The van der Waals surface area contributed by atoms with Gasteiger partial charge in [-0.3, -0.25) is 9.78 Å². The third-order valence-corrected chi connectivity index (χ3v) is 3.72. The van der Waals surface area contributed by atoms with Crippen LogP contribution in [0.4, 0.5) is 24.9 Å². The minimum atomic E-state index is -4.46. The van der Waals surface area contributed by atoms with Crippen LogP contribution in [-0.2, 0) is 6.18 Å². The molecule has 0 aliphatic rings. The fourth-order valence-corrected chi connectivity index (χ4v) is 2.25. The Bertz CT molecular complexity index is 956. The molecule has 0 radical (unpaired) electrons. The third kappa shape index (κ3) is 5.29. The molecule has 3 N–H and O–H groups in total. The number of nitrogens with zero attached hydrogens (tertiary/aromatic N) is 3. The Hall–Kier alpha value is -3.47. The van der Waals surface area contributed by atoms with Crippen LogP contribution in [-0.4, -0.2) is 39.1 Å². The summed E-state index contributed by atoms with van der Waals surface area (Å²) >= 11 is 0. The maximum absolute atomic E-state index is 12.6. The third-order valence-electron chi connectivity index (χ3n) is 3.72. The Morgan fingerprint density at radius 1 is 1.07 bits per heavy atom. The number of carbonyl (C=O) groups is 1. The van der Waals surface area contributed by atoms with E-state index in [1.165, 1.54) is 24.5 Å². The lowest BCUT2D eigenvalue weighted by atomic mass is 10.2. The Balaban J connectivity index is 1.63. The van der Waals surface area contributed by atoms with Gasteiger partial charge in [0.25, 0.3) is 11.9 Å². The number of pyridine rings is 2. The second-order valence-electron chi connectivity index (χ2n) is 5.85. The monoisotopic (exact) mass is 407 g/mol. The van der Waals surface area contributed by atoms with E-state index >= 15 is 0 Å². The molecule has 0 saturated carbocycles. The van der Waals surface area contributed by atoms with Gasteiger partial charge < -0.3 is 20.2 Å². The van der Waals surface area contributed by atoms with Crippen LogP contribution < -0.4 is 10.6 Å². The first-order chi connectivity index (χ1) is 13.9. The highest BCUT2D eigenvalue weighted by Gasteiger charge is 2.30. The van der Waals surface area contributed by atoms with Crippen LogP contribution in [0, 0.1) is 0 Å². The Morgan fingerprint density at radius 2 is 1.90 bits per heavy atom. The zero-order chi connectivity index (χ0) is 20.9. The van der Waals surface area contributed by atoms with Gasteiger partial charge in [0, 0.05) is 19.3 Å². The molecule has 0 unspecified atom stereocenters. The maximum Gasteiger partial charge on any atom is 0.417 e. The van der Waals surface area contributed by atoms with Gasteiger partial charge in [0.15, 0.2) is 5.76 Å². The molecule has 3 rings (SSSR count). The highest BCUT2D eigenvalue weighted by Crippen LogP contribution is 2.30. The molecule has 1 amide bonds. The molecule has 0 saturated heterocycles. The molecule has 0 aliphatic carbocycles. The number of aliphatic hydroxyl groups is 1. The first-order valence-electron chi connectivity index (χ1n) is 8.48. The van der Waals surface area contributed by atoms with Gasteiger partial charge in [-0.15, -0.1) is 0 Å². The number of amides is 1. The summed E-state index contributed by atoms with van der Waals surface area (Å²) in [6.45, 7) is 0.324. The van der Waals surface area contributed by atoms with E-state index in [-0.39, 0.29) is 35.7 Å². The average molecular weight is 407 g/mol. The van der Waals surface area contributed by atoms with Crippen molar-refractivity contribution in [1.29, 1.82) is 0 Å². The molecule has 152 valence electrons. The van der Waals surface area contributed by atoms with Gasteiger partial charge in [-0.2, -0.15) is 13.2 Å². The molecule has 0 bridgehead atoms. The number of nitrogens with one attached hydrogen (secondary N) is 2. The molecule has 3 aromatic rings. The van der Waals surface area contributed by atoms with Crippen LogP contribution in [0.15, 0.2) is 47.3 Å². The summed E-state index contributed by atoms with van der Waals surface area (Å²) < 4.78 is 43.2. The summed E-state index contributed by atoms with van der Waals surface area (Å²) in [5.41, 5.74) is 0.0403. The van der Waals surface area contributed by atoms with E-state index in [1.54, 1.807) is 6.07 Å². The van der Waals surface area contributed by atoms with Gasteiger partial charge in [-0.25, -0.2) is 9.97 Å². The van der Waals surface area contributed by atoms with E-state index in [4.69, 9.17) is 9.52 Å². The average Bonchev–Trinajstić information content (AvgIpc) is 3.16. The van der Waals surface area contributed by atoms with Crippen molar-refractivity contribution in [2.45, 2.75) is 12.6 Å². The van der Waals surface area contributed by atoms with Crippen molar-refractivity contribution >= 4 is 17.6 Å². The molecule has 0 atom stereocenters.